The summed E-state index contributed by atoms with van der Waals surface area (Å²) in [6, 6.07) is 6.46. The van der Waals surface area contributed by atoms with Crippen LogP contribution in [0.4, 0.5) is 15.3 Å². The van der Waals surface area contributed by atoms with Crippen molar-refractivity contribution in [2.24, 2.45) is 0 Å². The summed E-state index contributed by atoms with van der Waals surface area (Å²) in [6.07, 6.45) is -1.14. The summed E-state index contributed by atoms with van der Waals surface area (Å²) in [7, 11) is 1.46. The SMILES string of the molecule is CNC(=O)Oc1cccc(NC(=O)OC(C)(C)C)c1. The van der Waals surface area contributed by atoms with Gasteiger partial charge in [0.15, 0.2) is 0 Å². The third-order valence-corrected chi connectivity index (χ3v) is 1.89. The van der Waals surface area contributed by atoms with Crippen LogP contribution in [0, 0.1) is 0 Å². The molecule has 0 saturated carbocycles. The molecule has 0 saturated heterocycles. The highest BCUT2D eigenvalue weighted by Gasteiger charge is 2.16. The molecule has 1 rings (SSSR count). The number of hydrogen-bond donors (Lipinski definition) is 2. The lowest BCUT2D eigenvalue weighted by molar-refractivity contribution is 0.0636. The first kappa shape index (κ1) is 14.8. The molecule has 6 nitrogen and oxygen atoms in total. The van der Waals surface area contributed by atoms with Gasteiger partial charge in [-0.1, -0.05) is 6.07 Å². The normalized spacial score (nSPS) is 10.5. The second-order valence-electron chi connectivity index (χ2n) is 4.79. The highest BCUT2D eigenvalue weighted by Crippen LogP contribution is 2.18. The Labute approximate surface area is 112 Å². The number of rotatable bonds is 2. The van der Waals surface area contributed by atoms with Crippen molar-refractivity contribution in [1.82, 2.24) is 5.32 Å². The van der Waals surface area contributed by atoms with Crippen LogP contribution in [0.25, 0.3) is 0 Å². The molecule has 1 aromatic carbocycles. The van der Waals surface area contributed by atoms with Crippen molar-refractivity contribution in [2.75, 3.05) is 12.4 Å². The number of amides is 2. The predicted octanol–water partition coefficient (Wildman–Crippen LogP) is 2.75. The smallest absolute Gasteiger partial charge is 0.412 e. The molecule has 104 valence electrons. The van der Waals surface area contributed by atoms with Crippen molar-refractivity contribution in [3.63, 3.8) is 0 Å². The minimum Gasteiger partial charge on any atom is -0.444 e. The van der Waals surface area contributed by atoms with Crippen LogP contribution in [0.2, 0.25) is 0 Å². The molecule has 0 aromatic heterocycles. The molecule has 0 aliphatic heterocycles. The van der Waals surface area contributed by atoms with Gasteiger partial charge >= 0.3 is 12.2 Å². The molecule has 2 N–H and O–H groups in total. The topological polar surface area (TPSA) is 76.7 Å². The molecule has 1 aromatic rings. The molecule has 0 spiro atoms. The largest absolute Gasteiger partial charge is 0.444 e. The zero-order valence-electron chi connectivity index (χ0n) is 11.4. The van der Waals surface area contributed by atoms with Crippen molar-refractivity contribution in [1.29, 1.82) is 0 Å². The first-order valence-electron chi connectivity index (χ1n) is 5.80. The summed E-state index contributed by atoms with van der Waals surface area (Å²) in [5, 5.41) is 4.89. The van der Waals surface area contributed by atoms with Gasteiger partial charge in [0.2, 0.25) is 0 Å². The van der Waals surface area contributed by atoms with E-state index in [0.29, 0.717) is 11.4 Å². The highest BCUT2D eigenvalue weighted by molar-refractivity contribution is 5.85. The minimum absolute atomic E-state index is 0.327. The summed E-state index contributed by atoms with van der Waals surface area (Å²) in [4.78, 5) is 22.6. The van der Waals surface area contributed by atoms with E-state index >= 15 is 0 Å². The van der Waals surface area contributed by atoms with Crippen LogP contribution < -0.4 is 15.4 Å². The summed E-state index contributed by atoms with van der Waals surface area (Å²) >= 11 is 0. The third kappa shape index (κ3) is 5.76. The Bertz CT molecular complexity index is 466. The fraction of sp³-hybridized carbons (Fsp3) is 0.385. The molecule has 0 unspecified atom stereocenters. The minimum atomic E-state index is -0.575. The van der Waals surface area contributed by atoms with E-state index in [1.165, 1.54) is 13.1 Å². The molecule has 0 fully saturated rings. The maximum Gasteiger partial charge on any atom is 0.412 e. The number of hydrogen-bond acceptors (Lipinski definition) is 4. The van der Waals surface area contributed by atoms with Crippen LogP contribution in [-0.2, 0) is 4.74 Å². The number of anilines is 1. The van der Waals surface area contributed by atoms with Gasteiger partial charge in [0.05, 0.1) is 0 Å². The summed E-state index contributed by atoms with van der Waals surface area (Å²) in [5.41, 5.74) is -0.0871. The van der Waals surface area contributed by atoms with Gasteiger partial charge in [-0.25, -0.2) is 9.59 Å². The maximum absolute atomic E-state index is 11.6. The molecule has 0 aliphatic carbocycles. The van der Waals surface area contributed by atoms with Gasteiger partial charge in [-0.05, 0) is 32.9 Å². The van der Waals surface area contributed by atoms with Crippen LogP contribution in [-0.4, -0.2) is 24.8 Å². The van der Waals surface area contributed by atoms with Crippen LogP contribution in [0.1, 0.15) is 20.8 Å². The van der Waals surface area contributed by atoms with Gasteiger partial charge in [0.25, 0.3) is 0 Å². The number of ether oxygens (including phenoxy) is 2. The van der Waals surface area contributed by atoms with Crippen molar-refractivity contribution >= 4 is 17.9 Å². The molecule has 0 bridgehead atoms. The molecule has 0 radical (unpaired) electrons. The second-order valence-corrected chi connectivity index (χ2v) is 4.79. The Balaban J connectivity index is 2.67. The lowest BCUT2D eigenvalue weighted by Gasteiger charge is -2.19. The van der Waals surface area contributed by atoms with Crippen molar-refractivity contribution in [3.05, 3.63) is 24.3 Å². The van der Waals surface area contributed by atoms with Crippen LogP contribution in [0.3, 0.4) is 0 Å². The molecule has 0 atom stereocenters. The standard InChI is InChI=1S/C13H18N2O4/c1-13(2,3)19-12(17)15-9-6-5-7-10(8-9)18-11(16)14-4/h5-8H,1-4H3,(H,14,16)(H,15,17). The Kier molecular flexibility index (Phi) is 4.74. The van der Waals surface area contributed by atoms with E-state index in [1.54, 1.807) is 39.0 Å². The average Bonchev–Trinajstić information content (AvgIpc) is 2.26. The molecular formula is C13H18N2O4. The Morgan fingerprint density at radius 2 is 1.84 bits per heavy atom. The predicted molar refractivity (Wildman–Crippen MR) is 71.4 cm³/mol. The Morgan fingerprint density at radius 1 is 1.16 bits per heavy atom. The van der Waals surface area contributed by atoms with E-state index in [-0.39, 0.29) is 0 Å². The molecule has 19 heavy (non-hydrogen) atoms. The van der Waals surface area contributed by atoms with Crippen LogP contribution >= 0.6 is 0 Å². The first-order valence-corrected chi connectivity index (χ1v) is 5.80. The van der Waals surface area contributed by atoms with Gasteiger partial charge < -0.3 is 14.8 Å². The first-order chi connectivity index (χ1) is 8.80. The van der Waals surface area contributed by atoms with Crippen molar-refractivity contribution < 1.29 is 19.1 Å². The zero-order valence-corrected chi connectivity index (χ0v) is 11.4. The molecule has 6 heteroatoms. The summed E-state index contributed by atoms with van der Waals surface area (Å²) in [5.74, 6) is 0.327. The van der Waals surface area contributed by atoms with E-state index in [0.717, 1.165) is 0 Å². The van der Waals surface area contributed by atoms with Gasteiger partial charge in [-0.3, -0.25) is 5.32 Å². The number of carbonyl (C=O) groups is 2. The molecular weight excluding hydrogens is 248 g/mol. The molecule has 2 amide bonds. The van der Waals surface area contributed by atoms with E-state index in [4.69, 9.17) is 9.47 Å². The fourth-order valence-electron chi connectivity index (χ4n) is 1.22. The van der Waals surface area contributed by atoms with E-state index in [9.17, 15) is 9.59 Å². The lowest BCUT2D eigenvalue weighted by Crippen LogP contribution is -2.27. The average molecular weight is 266 g/mol. The Morgan fingerprint density at radius 3 is 2.42 bits per heavy atom. The van der Waals surface area contributed by atoms with E-state index in [1.807, 2.05) is 0 Å². The second kappa shape index (κ2) is 6.08. The molecule has 0 heterocycles. The Hall–Kier alpha value is -2.24. The lowest BCUT2D eigenvalue weighted by atomic mass is 10.2. The third-order valence-electron chi connectivity index (χ3n) is 1.89. The van der Waals surface area contributed by atoms with Gasteiger partial charge in [-0.15, -0.1) is 0 Å². The quantitative estimate of drug-likeness (QED) is 0.862. The van der Waals surface area contributed by atoms with Gasteiger partial charge in [-0.2, -0.15) is 0 Å². The number of nitrogens with one attached hydrogen (secondary N) is 2. The fourth-order valence-corrected chi connectivity index (χ4v) is 1.22. The van der Waals surface area contributed by atoms with Crippen molar-refractivity contribution in [2.45, 2.75) is 26.4 Å². The van der Waals surface area contributed by atoms with E-state index < -0.39 is 17.8 Å². The number of carbonyl (C=O) groups excluding carboxylic acids is 2. The highest BCUT2D eigenvalue weighted by atomic mass is 16.6. The van der Waals surface area contributed by atoms with Crippen LogP contribution in [0.15, 0.2) is 24.3 Å². The summed E-state index contributed by atoms with van der Waals surface area (Å²) < 4.78 is 10.1. The van der Waals surface area contributed by atoms with E-state index in [2.05, 4.69) is 10.6 Å². The number of benzene rings is 1. The van der Waals surface area contributed by atoms with Crippen LogP contribution in [0.5, 0.6) is 5.75 Å². The molecule has 0 aliphatic rings. The zero-order chi connectivity index (χ0) is 14.5. The summed E-state index contributed by atoms with van der Waals surface area (Å²) in [6.45, 7) is 5.33. The monoisotopic (exact) mass is 266 g/mol. The van der Waals surface area contributed by atoms with Gasteiger partial charge in [0.1, 0.15) is 11.4 Å². The van der Waals surface area contributed by atoms with Crippen molar-refractivity contribution in [3.8, 4) is 5.75 Å². The maximum atomic E-state index is 11.6. The van der Waals surface area contributed by atoms with Gasteiger partial charge in [0, 0.05) is 18.8 Å².